The van der Waals surface area contributed by atoms with E-state index < -0.39 is 0 Å². The summed E-state index contributed by atoms with van der Waals surface area (Å²) in [6, 6.07) is 9.17. The standard InChI is InChI=1S/C17H22N2O/c1-12-8-14-13-4-2-3-5-15(13)18-16(14)9-19(12)10-17(11-20)6-7-17/h2-5,12,18,20H,6-11H2,1H3/t12-/m1/s1. The number of fused-ring (bicyclic) bond motifs is 3. The van der Waals surface area contributed by atoms with E-state index in [2.05, 4.69) is 41.1 Å². The summed E-state index contributed by atoms with van der Waals surface area (Å²) in [5.74, 6) is 0. The molecule has 20 heavy (non-hydrogen) atoms. The van der Waals surface area contributed by atoms with Gasteiger partial charge in [-0.1, -0.05) is 18.2 Å². The van der Waals surface area contributed by atoms with Crippen LogP contribution in [-0.4, -0.2) is 34.2 Å². The van der Waals surface area contributed by atoms with Crippen LogP contribution >= 0.6 is 0 Å². The van der Waals surface area contributed by atoms with Gasteiger partial charge in [0, 0.05) is 47.8 Å². The molecule has 2 N–H and O–H groups in total. The quantitative estimate of drug-likeness (QED) is 0.900. The van der Waals surface area contributed by atoms with E-state index in [-0.39, 0.29) is 5.41 Å². The molecule has 1 fully saturated rings. The molecule has 0 spiro atoms. The third-order valence-corrected chi connectivity index (χ3v) is 5.22. The van der Waals surface area contributed by atoms with E-state index >= 15 is 0 Å². The molecule has 1 atom stereocenters. The molecule has 1 aromatic heterocycles. The summed E-state index contributed by atoms with van der Waals surface area (Å²) in [6.45, 7) is 4.69. The summed E-state index contributed by atoms with van der Waals surface area (Å²) in [4.78, 5) is 6.13. The third-order valence-electron chi connectivity index (χ3n) is 5.22. The minimum Gasteiger partial charge on any atom is -0.396 e. The molecule has 1 saturated carbocycles. The molecule has 4 rings (SSSR count). The fourth-order valence-electron chi connectivity index (χ4n) is 3.59. The summed E-state index contributed by atoms with van der Waals surface area (Å²) in [7, 11) is 0. The molecule has 0 bridgehead atoms. The van der Waals surface area contributed by atoms with Gasteiger partial charge in [-0.25, -0.2) is 0 Å². The molecule has 1 aliphatic carbocycles. The van der Waals surface area contributed by atoms with Crippen molar-refractivity contribution in [1.82, 2.24) is 9.88 Å². The fraction of sp³-hybridized carbons (Fsp3) is 0.529. The van der Waals surface area contributed by atoms with E-state index in [1.54, 1.807) is 0 Å². The highest BCUT2D eigenvalue weighted by atomic mass is 16.3. The van der Waals surface area contributed by atoms with Crippen LogP contribution in [0.15, 0.2) is 24.3 Å². The second-order valence-electron chi connectivity index (χ2n) is 6.74. The average Bonchev–Trinajstić information content (AvgIpc) is 3.15. The molecule has 2 aromatic rings. The Labute approximate surface area is 119 Å². The maximum Gasteiger partial charge on any atom is 0.0499 e. The first-order valence-corrected chi connectivity index (χ1v) is 7.64. The second-order valence-corrected chi connectivity index (χ2v) is 6.74. The molecule has 0 radical (unpaired) electrons. The second kappa shape index (κ2) is 4.34. The topological polar surface area (TPSA) is 39.3 Å². The predicted molar refractivity (Wildman–Crippen MR) is 80.6 cm³/mol. The number of aliphatic hydroxyl groups excluding tert-OH is 1. The molecule has 0 amide bonds. The number of nitrogens with zero attached hydrogens (tertiary/aromatic N) is 1. The van der Waals surface area contributed by atoms with Gasteiger partial charge in [0.1, 0.15) is 0 Å². The highest BCUT2D eigenvalue weighted by molar-refractivity contribution is 5.84. The minimum atomic E-state index is 0.206. The zero-order chi connectivity index (χ0) is 13.7. The van der Waals surface area contributed by atoms with Gasteiger partial charge in [-0.15, -0.1) is 0 Å². The van der Waals surface area contributed by atoms with E-state index in [0.29, 0.717) is 12.6 Å². The molecule has 2 aliphatic rings. The fourth-order valence-corrected chi connectivity index (χ4v) is 3.59. The summed E-state index contributed by atoms with van der Waals surface area (Å²) in [5, 5.41) is 10.9. The van der Waals surface area contributed by atoms with Gasteiger partial charge in [-0.2, -0.15) is 0 Å². The normalized spacial score (nSPS) is 24.8. The molecule has 1 aromatic carbocycles. The molecule has 106 valence electrons. The van der Waals surface area contributed by atoms with E-state index in [0.717, 1.165) is 19.5 Å². The van der Waals surface area contributed by atoms with Crippen molar-refractivity contribution < 1.29 is 5.11 Å². The summed E-state index contributed by atoms with van der Waals surface area (Å²) in [6.07, 6.45) is 3.49. The van der Waals surface area contributed by atoms with Gasteiger partial charge in [0.05, 0.1) is 0 Å². The first kappa shape index (κ1) is 12.4. The maximum absolute atomic E-state index is 9.55. The Balaban J connectivity index is 1.65. The highest BCUT2D eigenvalue weighted by Gasteiger charge is 2.44. The van der Waals surface area contributed by atoms with Gasteiger partial charge in [-0.05, 0) is 37.8 Å². The number of H-pyrrole nitrogens is 1. The summed E-state index contributed by atoms with van der Waals surface area (Å²) in [5.41, 5.74) is 4.34. The zero-order valence-electron chi connectivity index (χ0n) is 12.0. The predicted octanol–water partition coefficient (Wildman–Crippen LogP) is 2.69. The maximum atomic E-state index is 9.55. The van der Waals surface area contributed by atoms with Crippen LogP contribution in [0.1, 0.15) is 31.0 Å². The molecule has 0 saturated heterocycles. The monoisotopic (exact) mass is 270 g/mol. The van der Waals surface area contributed by atoms with Crippen molar-refractivity contribution in [1.29, 1.82) is 0 Å². The Morgan fingerprint density at radius 2 is 2.15 bits per heavy atom. The Kier molecular flexibility index (Phi) is 2.69. The SMILES string of the molecule is C[C@@H]1Cc2c([nH]c3ccccc23)CN1CC1(CO)CC1. The number of nitrogens with one attached hydrogen (secondary N) is 1. The number of aromatic amines is 1. The van der Waals surface area contributed by atoms with Crippen molar-refractivity contribution in [2.75, 3.05) is 13.2 Å². The van der Waals surface area contributed by atoms with Gasteiger partial charge in [0.15, 0.2) is 0 Å². The van der Waals surface area contributed by atoms with Gasteiger partial charge < -0.3 is 10.1 Å². The van der Waals surface area contributed by atoms with Gasteiger partial charge in [0.2, 0.25) is 0 Å². The van der Waals surface area contributed by atoms with Crippen molar-refractivity contribution in [2.24, 2.45) is 5.41 Å². The van der Waals surface area contributed by atoms with Crippen molar-refractivity contribution >= 4 is 10.9 Å². The first-order valence-electron chi connectivity index (χ1n) is 7.64. The zero-order valence-corrected chi connectivity index (χ0v) is 12.0. The average molecular weight is 270 g/mol. The van der Waals surface area contributed by atoms with Crippen LogP contribution in [0.3, 0.4) is 0 Å². The largest absolute Gasteiger partial charge is 0.396 e. The number of aromatic nitrogens is 1. The summed E-state index contributed by atoms with van der Waals surface area (Å²) < 4.78 is 0. The number of benzene rings is 1. The lowest BCUT2D eigenvalue weighted by atomic mass is 9.96. The molecular formula is C17H22N2O. The molecule has 3 nitrogen and oxygen atoms in total. The van der Waals surface area contributed by atoms with Gasteiger partial charge >= 0.3 is 0 Å². The van der Waals surface area contributed by atoms with Crippen molar-refractivity contribution in [3.05, 3.63) is 35.5 Å². The molecule has 3 heteroatoms. The Hall–Kier alpha value is -1.32. The first-order chi connectivity index (χ1) is 9.71. The van der Waals surface area contributed by atoms with E-state index in [1.165, 1.54) is 35.0 Å². The number of hydrogen-bond acceptors (Lipinski definition) is 2. The van der Waals surface area contributed by atoms with Crippen LogP contribution < -0.4 is 0 Å². The van der Waals surface area contributed by atoms with Gasteiger partial charge in [-0.3, -0.25) is 4.90 Å². The highest BCUT2D eigenvalue weighted by Crippen LogP contribution is 2.46. The lowest BCUT2D eigenvalue weighted by Crippen LogP contribution is -2.42. The van der Waals surface area contributed by atoms with E-state index in [4.69, 9.17) is 0 Å². The molecular weight excluding hydrogens is 248 g/mol. The lowest BCUT2D eigenvalue weighted by Gasteiger charge is -2.35. The Morgan fingerprint density at radius 3 is 2.90 bits per heavy atom. The van der Waals surface area contributed by atoms with Crippen molar-refractivity contribution in [2.45, 2.75) is 38.8 Å². The van der Waals surface area contributed by atoms with Crippen LogP contribution in [0.4, 0.5) is 0 Å². The molecule has 1 aliphatic heterocycles. The van der Waals surface area contributed by atoms with E-state index in [1.807, 2.05) is 0 Å². The Bertz CT molecular complexity index is 641. The smallest absolute Gasteiger partial charge is 0.0499 e. The van der Waals surface area contributed by atoms with E-state index in [9.17, 15) is 5.11 Å². The molecule has 0 unspecified atom stereocenters. The minimum absolute atomic E-state index is 0.206. The van der Waals surface area contributed by atoms with Crippen LogP contribution in [0, 0.1) is 5.41 Å². The number of aliphatic hydroxyl groups is 1. The van der Waals surface area contributed by atoms with Crippen LogP contribution in [0.5, 0.6) is 0 Å². The van der Waals surface area contributed by atoms with Crippen LogP contribution in [-0.2, 0) is 13.0 Å². The Morgan fingerprint density at radius 1 is 1.35 bits per heavy atom. The number of rotatable bonds is 3. The lowest BCUT2D eigenvalue weighted by molar-refractivity contribution is 0.108. The van der Waals surface area contributed by atoms with Crippen LogP contribution in [0.25, 0.3) is 10.9 Å². The van der Waals surface area contributed by atoms with Gasteiger partial charge in [0.25, 0.3) is 0 Å². The summed E-state index contributed by atoms with van der Waals surface area (Å²) >= 11 is 0. The number of para-hydroxylation sites is 1. The van der Waals surface area contributed by atoms with Crippen molar-refractivity contribution in [3.63, 3.8) is 0 Å². The number of hydrogen-bond donors (Lipinski definition) is 2. The van der Waals surface area contributed by atoms with Crippen molar-refractivity contribution in [3.8, 4) is 0 Å². The third kappa shape index (κ3) is 1.88. The van der Waals surface area contributed by atoms with Crippen LogP contribution in [0.2, 0.25) is 0 Å². The molecule has 2 heterocycles.